The number of likely N-dealkylation sites (tertiary alicyclic amines) is 1. The van der Waals surface area contributed by atoms with Gasteiger partial charge in [-0.1, -0.05) is 23.7 Å². The zero-order chi connectivity index (χ0) is 20.3. The summed E-state index contributed by atoms with van der Waals surface area (Å²) in [4.78, 5) is 2.25. The topological polar surface area (TPSA) is 58.6 Å². The summed E-state index contributed by atoms with van der Waals surface area (Å²) in [6.45, 7) is 2.22. The van der Waals surface area contributed by atoms with Crippen LogP contribution in [0.3, 0.4) is 0 Å². The van der Waals surface area contributed by atoms with Gasteiger partial charge in [0.05, 0.1) is 11.6 Å². The molecular weight excluding hydrogens is 471 g/mol. The molecule has 1 saturated heterocycles. The van der Waals surface area contributed by atoms with Gasteiger partial charge in [0.15, 0.2) is 5.75 Å². The monoisotopic (exact) mass is 490 g/mol. The molecular formula is C19H21BrClFN2O3S. The quantitative estimate of drug-likeness (QED) is 0.658. The van der Waals surface area contributed by atoms with Crippen LogP contribution >= 0.6 is 27.5 Å². The van der Waals surface area contributed by atoms with Gasteiger partial charge in [-0.15, -0.1) is 0 Å². The van der Waals surface area contributed by atoms with Crippen molar-refractivity contribution in [1.29, 1.82) is 0 Å². The Morgan fingerprint density at radius 2 is 1.89 bits per heavy atom. The molecule has 0 aromatic heterocycles. The fourth-order valence-corrected chi connectivity index (χ4v) is 5.96. The Morgan fingerprint density at radius 3 is 2.50 bits per heavy atom. The normalized spacial score (nSPS) is 16.3. The Hall–Kier alpha value is -1.19. The Bertz CT molecular complexity index is 933. The Kier molecular flexibility index (Phi) is 6.98. The lowest BCUT2D eigenvalue weighted by molar-refractivity contribution is 0.200. The average molecular weight is 492 g/mol. The summed E-state index contributed by atoms with van der Waals surface area (Å²) in [6.07, 6.45) is 1.37. The highest BCUT2D eigenvalue weighted by atomic mass is 79.9. The van der Waals surface area contributed by atoms with E-state index in [-0.39, 0.29) is 22.5 Å². The predicted octanol–water partition coefficient (Wildman–Crippen LogP) is 4.19. The summed E-state index contributed by atoms with van der Waals surface area (Å²) in [5.41, 5.74) is 1.04. The summed E-state index contributed by atoms with van der Waals surface area (Å²) in [5, 5.41) is 0.308. The summed E-state index contributed by atoms with van der Waals surface area (Å²) in [7, 11) is -2.36. The van der Waals surface area contributed by atoms with Crippen molar-refractivity contribution in [3.63, 3.8) is 0 Å². The number of sulfonamides is 1. The van der Waals surface area contributed by atoms with E-state index in [1.165, 1.54) is 25.3 Å². The van der Waals surface area contributed by atoms with Crippen LogP contribution in [0.25, 0.3) is 0 Å². The molecule has 1 heterocycles. The fourth-order valence-electron chi connectivity index (χ4n) is 3.27. The molecule has 1 aliphatic heterocycles. The van der Waals surface area contributed by atoms with Gasteiger partial charge in [-0.25, -0.2) is 17.5 Å². The van der Waals surface area contributed by atoms with Crippen molar-refractivity contribution in [3.05, 3.63) is 57.3 Å². The molecule has 0 aliphatic carbocycles. The van der Waals surface area contributed by atoms with Crippen LogP contribution in [-0.2, 0) is 16.6 Å². The Balaban J connectivity index is 1.63. The first kappa shape index (κ1) is 21.5. The van der Waals surface area contributed by atoms with Gasteiger partial charge >= 0.3 is 0 Å². The Morgan fingerprint density at radius 1 is 1.25 bits per heavy atom. The molecule has 28 heavy (non-hydrogen) atoms. The second-order valence-electron chi connectivity index (χ2n) is 6.72. The zero-order valence-electron chi connectivity index (χ0n) is 15.3. The van der Waals surface area contributed by atoms with Gasteiger partial charge in [0.1, 0.15) is 10.7 Å². The number of hydrogen-bond donors (Lipinski definition) is 1. The Labute approximate surface area is 178 Å². The third-order valence-electron chi connectivity index (χ3n) is 4.70. The van der Waals surface area contributed by atoms with Gasteiger partial charge in [-0.3, -0.25) is 4.90 Å². The smallest absolute Gasteiger partial charge is 0.244 e. The summed E-state index contributed by atoms with van der Waals surface area (Å²) >= 11 is 9.31. The molecule has 0 atom stereocenters. The summed E-state index contributed by atoms with van der Waals surface area (Å²) < 4.78 is 47.2. The molecule has 2 aromatic carbocycles. The minimum Gasteiger partial charge on any atom is -0.494 e. The fraction of sp³-hybridized carbons (Fsp3) is 0.368. The van der Waals surface area contributed by atoms with Crippen LogP contribution < -0.4 is 9.46 Å². The number of halogens is 3. The number of methoxy groups -OCH3 is 1. The number of benzene rings is 2. The minimum atomic E-state index is -3.78. The number of nitrogens with one attached hydrogen (secondary N) is 1. The lowest BCUT2D eigenvalue weighted by Crippen LogP contribution is -2.44. The molecule has 1 aliphatic rings. The number of ether oxygens (including phenoxy) is 1. The van der Waals surface area contributed by atoms with Crippen molar-refractivity contribution in [2.75, 3.05) is 20.2 Å². The van der Waals surface area contributed by atoms with Crippen molar-refractivity contribution >= 4 is 37.6 Å². The molecule has 9 heteroatoms. The van der Waals surface area contributed by atoms with Crippen LogP contribution in [0.15, 0.2) is 45.8 Å². The van der Waals surface area contributed by atoms with Crippen LogP contribution in [-0.4, -0.2) is 39.6 Å². The lowest BCUT2D eigenvalue weighted by Gasteiger charge is -2.32. The highest BCUT2D eigenvalue weighted by Crippen LogP contribution is 2.35. The number of piperidine rings is 1. The number of hydrogen-bond acceptors (Lipinski definition) is 4. The third-order valence-corrected chi connectivity index (χ3v) is 7.03. The highest BCUT2D eigenvalue weighted by Gasteiger charge is 2.28. The third kappa shape index (κ3) is 5.24. The average Bonchev–Trinajstić information content (AvgIpc) is 2.64. The van der Waals surface area contributed by atoms with Gasteiger partial charge < -0.3 is 4.74 Å². The second kappa shape index (κ2) is 9.09. The lowest BCUT2D eigenvalue weighted by atomic mass is 10.1. The predicted molar refractivity (Wildman–Crippen MR) is 111 cm³/mol. The van der Waals surface area contributed by atoms with E-state index in [0.29, 0.717) is 22.3 Å². The zero-order valence-corrected chi connectivity index (χ0v) is 18.4. The van der Waals surface area contributed by atoms with E-state index in [9.17, 15) is 12.8 Å². The molecule has 1 fully saturated rings. The maximum Gasteiger partial charge on any atom is 0.244 e. The van der Waals surface area contributed by atoms with Crippen LogP contribution in [0.4, 0.5) is 4.39 Å². The van der Waals surface area contributed by atoms with E-state index >= 15 is 0 Å². The highest BCUT2D eigenvalue weighted by molar-refractivity contribution is 9.10. The van der Waals surface area contributed by atoms with Crippen molar-refractivity contribution in [3.8, 4) is 5.75 Å². The maximum absolute atomic E-state index is 13.0. The molecule has 1 N–H and O–H groups in total. The molecule has 5 nitrogen and oxygen atoms in total. The molecule has 0 unspecified atom stereocenters. The van der Waals surface area contributed by atoms with Crippen LogP contribution in [0.5, 0.6) is 5.75 Å². The largest absolute Gasteiger partial charge is 0.494 e. The molecule has 0 spiro atoms. The van der Waals surface area contributed by atoms with E-state index in [1.807, 2.05) is 0 Å². The summed E-state index contributed by atoms with van der Waals surface area (Å²) in [6, 6.07) is 9.25. The van der Waals surface area contributed by atoms with Crippen LogP contribution in [0, 0.1) is 5.82 Å². The SMILES string of the molecule is COc1c(Br)cc(Cl)cc1S(=O)(=O)NC1CCN(Cc2ccc(F)cc2)CC1. The minimum absolute atomic E-state index is 0.0168. The number of nitrogens with zero attached hydrogens (tertiary/aromatic N) is 1. The van der Waals surface area contributed by atoms with Crippen LogP contribution in [0.1, 0.15) is 18.4 Å². The molecule has 0 radical (unpaired) electrons. The maximum atomic E-state index is 13.0. The molecule has 0 saturated carbocycles. The van der Waals surface area contributed by atoms with Gasteiger partial charge in [-0.2, -0.15) is 0 Å². The van der Waals surface area contributed by atoms with Gasteiger partial charge in [0, 0.05) is 30.7 Å². The standard InChI is InChI=1S/C19H21BrClFN2O3S/c1-27-19-17(20)10-14(21)11-18(19)28(25,26)23-16-6-8-24(9-7-16)12-13-2-4-15(22)5-3-13/h2-5,10-11,16,23H,6-9,12H2,1H3. The van der Waals surface area contributed by atoms with Crippen molar-refractivity contribution < 1.29 is 17.5 Å². The van der Waals surface area contributed by atoms with Crippen molar-refractivity contribution in [2.45, 2.75) is 30.3 Å². The summed E-state index contributed by atoms with van der Waals surface area (Å²) in [5.74, 6) is -0.0226. The van der Waals surface area contributed by atoms with Gasteiger partial charge in [0.25, 0.3) is 0 Å². The molecule has 0 amide bonds. The molecule has 152 valence electrons. The van der Waals surface area contributed by atoms with E-state index in [4.69, 9.17) is 16.3 Å². The second-order valence-corrected chi connectivity index (χ2v) is 9.69. The van der Waals surface area contributed by atoms with Crippen molar-refractivity contribution in [1.82, 2.24) is 9.62 Å². The van der Waals surface area contributed by atoms with Gasteiger partial charge in [-0.05, 0) is 58.6 Å². The van der Waals surface area contributed by atoms with E-state index < -0.39 is 10.0 Å². The first-order valence-corrected chi connectivity index (χ1v) is 11.5. The van der Waals surface area contributed by atoms with Crippen molar-refractivity contribution in [2.24, 2.45) is 0 Å². The van der Waals surface area contributed by atoms with E-state index in [0.717, 1.165) is 25.2 Å². The molecule has 3 rings (SSSR count). The first-order chi connectivity index (χ1) is 13.3. The first-order valence-electron chi connectivity index (χ1n) is 8.80. The van der Waals surface area contributed by atoms with E-state index in [2.05, 4.69) is 25.6 Å². The van der Waals surface area contributed by atoms with E-state index in [1.54, 1.807) is 18.2 Å². The van der Waals surface area contributed by atoms with Gasteiger partial charge in [0.2, 0.25) is 10.0 Å². The van der Waals surface area contributed by atoms with Crippen LogP contribution in [0.2, 0.25) is 5.02 Å². The molecule has 2 aromatic rings. The number of rotatable bonds is 6. The molecule has 0 bridgehead atoms.